The minimum atomic E-state index is -0.629. The van der Waals surface area contributed by atoms with Crippen LogP contribution in [0.15, 0.2) is 60.7 Å². The molecule has 5 N–H and O–H groups in total. The lowest BCUT2D eigenvalue weighted by Crippen LogP contribution is -2.64. The number of nitrogens with one attached hydrogen (secondary N) is 1. The SMILES string of the molecule is CCC(NC(N)(CC)C(C)N)c1cc2nc(-c3ccccc3)c3ccccc3c2c(I)c1I. The standard InChI is InChI=1S/C27H30I2N4/c1-4-21(33-27(31,5-2)16(3)30)20-15-22-23(25(29)24(20)28)18-13-9-10-14-19(18)26(32-22)17-11-7-6-8-12-17/h6-16,21,33H,4-5,30-31H2,1-3H3. The van der Waals surface area contributed by atoms with Crippen molar-refractivity contribution < 1.29 is 0 Å². The topological polar surface area (TPSA) is 77.0 Å². The highest BCUT2D eigenvalue weighted by molar-refractivity contribution is 14.1. The van der Waals surface area contributed by atoms with Crippen LogP contribution < -0.4 is 16.8 Å². The van der Waals surface area contributed by atoms with E-state index >= 15 is 0 Å². The van der Waals surface area contributed by atoms with Gasteiger partial charge in [0.05, 0.1) is 16.9 Å². The molecule has 0 bridgehead atoms. The molecular weight excluding hydrogens is 634 g/mol. The van der Waals surface area contributed by atoms with Gasteiger partial charge in [-0.2, -0.15) is 0 Å². The molecule has 33 heavy (non-hydrogen) atoms. The summed E-state index contributed by atoms with van der Waals surface area (Å²) in [6, 6.07) is 21.2. The third kappa shape index (κ3) is 4.65. The fraction of sp³-hybridized carbons (Fsp3) is 0.296. The first kappa shape index (κ1) is 24.8. The predicted molar refractivity (Wildman–Crippen MR) is 157 cm³/mol. The summed E-state index contributed by atoms with van der Waals surface area (Å²) in [6.07, 6.45) is 1.66. The average molecular weight is 664 g/mol. The van der Waals surface area contributed by atoms with E-state index in [9.17, 15) is 0 Å². The Morgan fingerprint density at radius 3 is 2.21 bits per heavy atom. The second-order valence-corrected chi connectivity index (χ2v) is 10.8. The van der Waals surface area contributed by atoms with E-state index in [0.717, 1.165) is 29.6 Å². The van der Waals surface area contributed by atoms with Crippen LogP contribution >= 0.6 is 45.2 Å². The van der Waals surface area contributed by atoms with E-state index in [-0.39, 0.29) is 12.1 Å². The third-order valence-corrected chi connectivity index (χ3v) is 9.84. The molecule has 1 heterocycles. The molecule has 4 nitrogen and oxygen atoms in total. The lowest BCUT2D eigenvalue weighted by Gasteiger charge is -2.37. The number of nitrogens with zero attached hydrogens (tertiary/aromatic N) is 1. The lowest BCUT2D eigenvalue weighted by atomic mass is 9.94. The molecule has 3 unspecified atom stereocenters. The van der Waals surface area contributed by atoms with Gasteiger partial charge in [0.2, 0.25) is 0 Å². The Hall–Kier alpha value is -1.33. The van der Waals surface area contributed by atoms with Gasteiger partial charge in [-0.05, 0) is 82.0 Å². The van der Waals surface area contributed by atoms with E-state index in [1.807, 2.05) is 13.0 Å². The smallest absolute Gasteiger partial charge is 0.0816 e. The van der Waals surface area contributed by atoms with Crippen molar-refractivity contribution in [3.05, 3.63) is 73.4 Å². The van der Waals surface area contributed by atoms with E-state index in [0.29, 0.717) is 0 Å². The fourth-order valence-corrected chi connectivity index (χ4v) is 6.09. The second kappa shape index (κ2) is 10.1. The van der Waals surface area contributed by atoms with Gasteiger partial charge >= 0.3 is 0 Å². The number of nitrogens with two attached hydrogens (primary N) is 2. The van der Waals surface area contributed by atoms with Gasteiger partial charge in [-0.25, -0.2) is 4.98 Å². The highest BCUT2D eigenvalue weighted by Crippen LogP contribution is 2.39. The van der Waals surface area contributed by atoms with E-state index < -0.39 is 5.66 Å². The molecule has 6 heteroatoms. The van der Waals surface area contributed by atoms with Crippen molar-refractivity contribution in [1.82, 2.24) is 10.3 Å². The zero-order valence-corrected chi connectivity index (χ0v) is 23.5. The van der Waals surface area contributed by atoms with Gasteiger partial charge < -0.3 is 11.5 Å². The van der Waals surface area contributed by atoms with E-state index in [2.05, 4.69) is 119 Å². The summed E-state index contributed by atoms with van der Waals surface area (Å²) in [7, 11) is 0. The number of hydrogen-bond acceptors (Lipinski definition) is 4. The van der Waals surface area contributed by atoms with Gasteiger partial charge in [0.15, 0.2) is 0 Å². The Morgan fingerprint density at radius 1 is 0.970 bits per heavy atom. The predicted octanol–water partition coefficient (Wildman–Crippen LogP) is 6.72. The number of fused-ring (bicyclic) bond motifs is 3. The first-order valence-corrected chi connectivity index (χ1v) is 13.5. The molecule has 0 amide bonds. The Balaban J connectivity index is 1.97. The molecule has 0 saturated heterocycles. The van der Waals surface area contributed by atoms with Gasteiger partial charge in [0, 0.05) is 35.6 Å². The number of rotatable bonds is 7. The zero-order valence-electron chi connectivity index (χ0n) is 19.2. The van der Waals surface area contributed by atoms with E-state index in [4.69, 9.17) is 16.5 Å². The largest absolute Gasteiger partial charge is 0.325 e. The highest BCUT2D eigenvalue weighted by atomic mass is 127. The normalized spacial score (nSPS) is 15.5. The molecule has 0 aliphatic heterocycles. The van der Waals surface area contributed by atoms with E-state index in [1.54, 1.807) is 0 Å². The Morgan fingerprint density at radius 2 is 1.61 bits per heavy atom. The van der Waals surface area contributed by atoms with Crippen LogP contribution in [0.1, 0.15) is 45.2 Å². The van der Waals surface area contributed by atoms with Crippen molar-refractivity contribution in [2.24, 2.45) is 11.5 Å². The number of benzene rings is 3. The van der Waals surface area contributed by atoms with Crippen molar-refractivity contribution in [3.63, 3.8) is 0 Å². The van der Waals surface area contributed by atoms with Crippen molar-refractivity contribution >= 4 is 66.9 Å². The number of hydrogen-bond donors (Lipinski definition) is 3. The van der Waals surface area contributed by atoms with Crippen LogP contribution in [0.5, 0.6) is 0 Å². The highest BCUT2D eigenvalue weighted by Gasteiger charge is 2.31. The monoisotopic (exact) mass is 664 g/mol. The van der Waals surface area contributed by atoms with Crippen LogP contribution in [0.4, 0.5) is 0 Å². The first-order valence-electron chi connectivity index (χ1n) is 11.4. The van der Waals surface area contributed by atoms with Crippen LogP contribution in [0.25, 0.3) is 32.9 Å². The molecule has 0 aliphatic carbocycles. The van der Waals surface area contributed by atoms with Gasteiger partial charge in [-0.15, -0.1) is 0 Å². The van der Waals surface area contributed by atoms with Crippen molar-refractivity contribution in [2.45, 2.75) is 51.4 Å². The molecule has 0 radical (unpaired) electrons. The van der Waals surface area contributed by atoms with Crippen LogP contribution in [0, 0.1) is 7.14 Å². The molecule has 172 valence electrons. The molecule has 0 aliphatic rings. The maximum atomic E-state index is 6.67. The summed E-state index contributed by atoms with van der Waals surface area (Å²) < 4.78 is 2.46. The maximum Gasteiger partial charge on any atom is 0.0816 e. The molecule has 4 rings (SSSR count). The second-order valence-electron chi connectivity index (χ2n) is 8.65. The minimum Gasteiger partial charge on any atom is -0.325 e. The van der Waals surface area contributed by atoms with Crippen LogP contribution in [0.2, 0.25) is 0 Å². The molecule has 0 fully saturated rings. The molecule has 3 atom stereocenters. The molecule has 0 spiro atoms. The average Bonchev–Trinajstić information content (AvgIpc) is 2.84. The van der Waals surface area contributed by atoms with E-state index in [1.165, 1.54) is 28.9 Å². The quantitative estimate of drug-likeness (QED) is 0.117. The van der Waals surface area contributed by atoms with Crippen molar-refractivity contribution in [2.75, 3.05) is 0 Å². The summed E-state index contributed by atoms with van der Waals surface area (Å²) in [5.41, 5.74) is 16.7. The minimum absolute atomic E-state index is 0.0826. The summed E-state index contributed by atoms with van der Waals surface area (Å²) >= 11 is 4.96. The van der Waals surface area contributed by atoms with Crippen LogP contribution in [0.3, 0.4) is 0 Å². The molecule has 0 saturated carbocycles. The number of halogens is 2. The Kier molecular flexibility index (Phi) is 7.59. The van der Waals surface area contributed by atoms with Crippen molar-refractivity contribution in [1.29, 1.82) is 0 Å². The van der Waals surface area contributed by atoms with Crippen LogP contribution in [-0.4, -0.2) is 16.7 Å². The van der Waals surface area contributed by atoms with Crippen LogP contribution in [-0.2, 0) is 0 Å². The number of pyridine rings is 1. The van der Waals surface area contributed by atoms with Gasteiger partial charge in [0.25, 0.3) is 0 Å². The maximum absolute atomic E-state index is 6.67. The van der Waals surface area contributed by atoms with Gasteiger partial charge in [-0.3, -0.25) is 5.32 Å². The summed E-state index contributed by atoms with van der Waals surface area (Å²) in [5, 5.41) is 7.29. The molecular formula is C27H30I2N4. The van der Waals surface area contributed by atoms with Gasteiger partial charge in [-0.1, -0.05) is 68.4 Å². The zero-order chi connectivity index (χ0) is 23.8. The van der Waals surface area contributed by atoms with Crippen molar-refractivity contribution in [3.8, 4) is 11.3 Å². The Labute approximate surface area is 223 Å². The molecule has 1 aromatic heterocycles. The number of aromatic nitrogens is 1. The summed E-state index contributed by atoms with van der Waals surface area (Å²) in [6.45, 7) is 6.24. The fourth-order valence-electron chi connectivity index (χ4n) is 4.41. The molecule has 4 aromatic rings. The Bertz CT molecular complexity index is 1290. The summed E-state index contributed by atoms with van der Waals surface area (Å²) in [4.78, 5) is 5.21. The summed E-state index contributed by atoms with van der Waals surface area (Å²) in [5.74, 6) is 0. The van der Waals surface area contributed by atoms with Gasteiger partial charge in [0.1, 0.15) is 0 Å². The lowest BCUT2D eigenvalue weighted by molar-refractivity contribution is 0.240. The first-order chi connectivity index (χ1) is 15.8. The third-order valence-electron chi connectivity index (χ3n) is 6.57. The molecule has 3 aromatic carbocycles.